The number of nitrogens with one attached hydrogen (secondary N) is 2. The molecule has 2 saturated heterocycles. The van der Waals surface area contributed by atoms with Crippen LogP contribution in [0, 0.1) is 5.92 Å². The lowest BCUT2D eigenvalue weighted by Gasteiger charge is -2.21. The molecule has 2 unspecified atom stereocenters. The third-order valence-corrected chi connectivity index (χ3v) is 4.65. The van der Waals surface area contributed by atoms with Gasteiger partial charge in [0.1, 0.15) is 5.75 Å². The lowest BCUT2D eigenvalue weighted by atomic mass is 10.1. The van der Waals surface area contributed by atoms with Gasteiger partial charge in [-0.25, -0.2) is 0 Å². The van der Waals surface area contributed by atoms with Crippen molar-refractivity contribution < 1.29 is 9.53 Å². The van der Waals surface area contributed by atoms with Crippen molar-refractivity contribution in [3.8, 4) is 5.75 Å². The van der Waals surface area contributed by atoms with Gasteiger partial charge < -0.3 is 20.3 Å². The number of ether oxygens (including phenoxy) is 1. The van der Waals surface area contributed by atoms with E-state index in [9.17, 15) is 4.79 Å². The topological polar surface area (TPSA) is 53.6 Å². The number of carbonyl (C=O) groups excluding carboxylic acids is 1. The maximum atomic E-state index is 12.0. The minimum absolute atomic E-state index is 0. The number of amides is 1. The molecule has 0 aromatic heterocycles. The Morgan fingerprint density at radius 3 is 2.83 bits per heavy atom. The van der Waals surface area contributed by atoms with Gasteiger partial charge in [0.05, 0.1) is 18.8 Å². The monoisotopic (exact) mass is 375 g/mol. The summed E-state index contributed by atoms with van der Waals surface area (Å²) < 4.78 is 5.44. The molecule has 1 amide bonds. The first-order valence-corrected chi connectivity index (χ1v) is 8.17. The Morgan fingerprint density at radius 1 is 1.33 bits per heavy atom. The van der Waals surface area contributed by atoms with Crippen molar-refractivity contribution >= 4 is 36.4 Å². The molecule has 2 aliphatic heterocycles. The van der Waals surface area contributed by atoms with Crippen LogP contribution in [0.1, 0.15) is 19.3 Å². The van der Waals surface area contributed by atoms with Crippen molar-refractivity contribution in [2.75, 3.05) is 38.2 Å². The van der Waals surface area contributed by atoms with E-state index in [2.05, 4.69) is 21.6 Å². The minimum atomic E-state index is 0. The fourth-order valence-electron chi connectivity index (χ4n) is 3.39. The first-order valence-electron chi connectivity index (χ1n) is 8.17. The smallest absolute Gasteiger partial charge is 0.237 e. The largest absolute Gasteiger partial charge is 0.495 e. The Kier molecular flexibility index (Phi) is 8.67. The number of para-hydroxylation sites is 2. The van der Waals surface area contributed by atoms with E-state index in [-0.39, 0.29) is 36.8 Å². The first-order chi connectivity index (χ1) is 10.8. The fraction of sp³-hybridized carbons (Fsp3) is 0.588. The van der Waals surface area contributed by atoms with Crippen LogP contribution >= 0.6 is 24.8 Å². The van der Waals surface area contributed by atoms with Crippen molar-refractivity contribution in [2.24, 2.45) is 5.92 Å². The summed E-state index contributed by atoms with van der Waals surface area (Å²) in [4.78, 5) is 14.4. The summed E-state index contributed by atoms with van der Waals surface area (Å²) in [6.45, 7) is 3.72. The van der Waals surface area contributed by atoms with Gasteiger partial charge in [-0.05, 0) is 43.9 Å². The van der Waals surface area contributed by atoms with Gasteiger partial charge in [0.2, 0.25) is 5.91 Å². The molecule has 2 fully saturated rings. The summed E-state index contributed by atoms with van der Waals surface area (Å²) in [5.41, 5.74) is 1.15. The zero-order valence-corrected chi connectivity index (χ0v) is 15.6. The summed E-state index contributed by atoms with van der Waals surface area (Å²) >= 11 is 0. The van der Waals surface area contributed by atoms with Gasteiger partial charge in [-0.15, -0.1) is 24.8 Å². The van der Waals surface area contributed by atoms with Crippen molar-refractivity contribution in [1.29, 1.82) is 0 Å². The summed E-state index contributed by atoms with van der Waals surface area (Å²) in [6, 6.07) is 8.15. The second kappa shape index (κ2) is 9.97. The molecule has 1 aromatic carbocycles. The Morgan fingerprint density at radius 2 is 2.12 bits per heavy atom. The molecule has 1 aromatic rings. The van der Waals surface area contributed by atoms with Gasteiger partial charge in [-0.1, -0.05) is 12.1 Å². The van der Waals surface area contributed by atoms with Crippen LogP contribution in [0.4, 0.5) is 5.69 Å². The third kappa shape index (κ3) is 4.91. The minimum Gasteiger partial charge on any atom is -0.495 e. The molecule has 0 aliphatic carbocycles. The molecule has 2 N–H and O–H groups in total. The Bertz CT molecular complexity index is 524. The second-order valence-electron chi connectivity index (χ2n) is 6.17. The molecule has 136 valence electrons. The lowest BCUT2D eigenvalue weighted by molar-refractivity contribution is -0.122. The molecule has 24 heavy (non-hydrogen) atoms. The Labute approximate surface area is 156 Å². The molecule has 7 heteroatoms. The van der Waals surface area contributed by atoms with E-state index in [1.54, 1.807) is 7.11 Å². The zero-order valence-electron chi connectivity index (χ0n) is 14.0. The van der Waals surface area contributed by atoms with E-state index in [4.69, 9.17) is 4.74 Å². The van der Waals surface area contributed by atoms with Crippen molar-refractivity contribution in [2.45, 2.75) is 25.3 Å². The molecule has 2 heterocycles. The quantitative estimate of drug-likeness (QED) is 0.828. The molecular formula is C17H27Cl2N3O2. The number of rotatable bonds is 5. The molecule has 0 saturated carbocycles. The summed E-state index contributed by atoms with van der Waals surface area (Å²) in [6.07, 6.45) is 3.17. The van der Waals surface area contributed by atoms with Crippen LogP contribution in [-0.2, 0) is 4.79 Å². The van der Waals surface area contributed by atoms with E-state index in [0.29, 0.717) is 5.92 Å². The predicted octanol–water partition coefficient (Wildman–Crippen LogP) is 2.23. The molecule has 2 aliphatic rings. The molecule has 5 nitrogen and oxygen atoms in total. The molecular weight excluding hydrogens is 349 g/mol. The van der Waals surface area contributed by atoms with Gasteiger partial charge in [-0.2, -0.15) is 0 Å². The molecule has 2 atom stereocenters. The van der Waals surface area contributed by atoms with E-state index in [1.807, 2.05) is 18.2 Å². The van der Waals surface area contributed by atoms with E-state index < -0.39 is 0 Å². The number of hydrogen-bond donors (Lipinski definition) is 2. The van der Waals surface area contributed by atoms with Crippen LogP contribution in [0.2, 0.25) is 0 Å². The number of benzene rings is 1. The van der Waals surface area contributed by atoms with Crippen molar-refractivity contribution in [3.63, 3.8) is 0 Å². The Balaban J connectivity index is 0.00000144. The van der Waals surface area contributed by atoms with Gasteiger partial charge in [-0.3, -0.25) is 4.79 Å². The maximum absolute atomic E-state index is 12.0. The van der Waals surface area contributed by atoms with E-state index in [1.165, 1.54) is 0 Å². The molecule has 0 bridgehead atoms. The summed E-state index contributed by atoms with van der Waals surface area (Å²) in [5, 5.41) is 6.35. The van der Waals surface area contributed by atoms with Crippen molar-refractivity contribution in [3.05, 3.63) is 24.3 Å². The van der Waals surface area contributed by atoms with Gasteiger partial charge >= 0.3 is 0 Å². The summed E-state index contributed by atoms with van der Waals surface area (Å²) in [7, 11) is 1.71. The fourth-order valence-corrected chi connectivity index (χ4v) is 3.39. The van der Waals surface area contributed by atoms with Gasteiger partial charge in [0.15, 0.2) is 0 Å². The predicted molar refractivity (Wildman–Crippen MR) is 102 cm³/mol. The highest BCUT2D eigenvalue weighted by Gasteiger charge is 2.27. The van der Waals surface area contributed by atoms with Crippen LogP contribution in [0.25, 0.3) is 0 Å². The maximum Gasteiger partial charge on any atom is 0.237 e. The van der Waals surface area contributed by atoms with Crippen LogP contribution in [-0.4, -0.2) is 45.2 Å². The number of carbonyl (C=O) groups is 1. The third-order valence-electron chi connectivity index (χ3n) is 4.65. The molecule has 0 spiro atoms. The van der Waals surface area contributed by atoms with Gasteiger partial charge in [0.25, 0.3) is 0 Å². The van der Waals surface area contributed by atoms with E-state index in [0.717, 1.165) is 56.9 Å². The lowest BCUT2D eigenvalue weighted by Crippen LogP contribution is -2.42. The van der Waals surface area contributed by atoms with Crippen LogP contribution in [0.5, 0.6) is 5.75 Å². The zero-order chi connectivity index (χ0) is 15.4. The van der Waals surface area contributed by atoms with Crippen LogP contribution in [0.15, 0.2) is 24.3 Å². The second-order valence-corrected chi connectivity index (χ2v) is 6.17. The van der Waals surface area contributed by atoms with Crippen LogP contribution < -0.4 is 20.3 Å². The molecule has 0 radical (unpaired) electrons. The average Bonchev–Trinajstić information content (AvgIpc) is 3.24. The SMILES string of the molecule is COc1ccccc1N1CCC(CNC(=O)C2CCCN2)C1.Cl.Cl. The normalized spacial score (nSPS) is 22.5. The van der Waals surface area contributed by atoms with Crippen molar-refractivity contribution in [1.82, 2.24) is 10.6 Å². The highest BCUT2D eigenvalue weighted by molar-refractivity contribution is 5.85. The first kappa shape index (κ1) is 20.9. The number of anilines is 1. The molecule has 3 rings (SSSR count). The number of nitrogens with zero attached hydrogens (tertiary/aromatic N) is 1. The number of halogens is 2. The van der Waals surface area contributed by atoms with Crippen LogP contribution in [0.3, 0.4) is 0 Å². The highest BCUT2D eigenvalue weighted by atomic mass is 35.5. The Hall–Kier alpha value is -1.17. The number of methoxy groups -OCH3 is 1. The standard InChI is InChI=1S/C17H25N3O2.2ClH/c1-22-16-7-3-2-6-15(16)20-10-8-13(12-20)11-19-17(21)14-5-4-9-18-14;;/h2-3,6-7,13-14,18H,4-5,8-12H2,1H3,(H,19,21);2*1H. The van der Waals surface area contributed by atoms with Gasteiger partial charge in [0, 0.05) is 19.6 Å². The highest BCUT2D eigenvalue weighted by Crippen LogP contribution is 2.31. The summed E-state index contributed by atoms with van der Waals surface area (Å²) in [5.74, 6) is 1.59. The van der Waals surface area contributed by atoms with E-state index >= 15 is 0 Å². The average molecular weight is 376 g/mol. The number of hydrogen-bond acceptors (Lipinski definition) is 4.